The highest BCUT2D eigenvalue weighted by Gasteiger charge is 2.08. The average molecular weight is 330 g/mol. The normalized spacial score (nSPS) is 11.4. The maximum atomic E-state index is 12.5. The van der Waals surface area contributed by atoms with E-state index in [0.29, 0.717) is 22.6 Å². The molecule has 0 unspecified atom stereocenters. The summed E-state index contributed by atoms with van der Waals surface area (Å²) in [7, 11) is 0. The SMILES string of the molecule is O=c1c2ccccc2ncn1Cc1noc(/C=C/c2ccccc2)n1. The van der Waals surface area contributed by atoms with Crippen molar-refractivity contribution in [3.05, 3.63) is 88.6 Å². The molecule has 6 nitrogen and oxygen atoms in total. The lowest BCUT2D eigenvalue weighted by atomic mass is 10.2. The summed E-state index contributed by atoms with van der Waals surface area (Å²) in [5.74, 6) is 0.813. The lowest BCUT2D eigenvalue weighted by Crippen LogP contribution is -2.21. The van der Waals surface area contributed by atoms with Crippen LogP contribution in [-0.2, 0) is 6.54 Å². The standard InChI is InChI=1S/C19H14N4O2/c24-19-15-8-4-5-9-16(15)20-13-23(19)12-17-21-18(25-22-17)11-10-14-6-2-1-3-7-14/h1-11,13H,12H2/b11-10+. The van der Waals surface area contributed by atoms with Crippen molar-refractivity contribution in [3.8, 4) is 0 Å². The van der Waals surface area contributed by atoms with E-state index in [1.165, 1.54) is 10.9 Å². The Morgan fingerprint density at radius 3 is 2.68 bits per heavy atom. The van der Waals surface area contributed by atoms with E-state index in [2.05, 4.69) is 15.1 Å². The van der Waals surface area contributed by atoms with Crippen molar-refractivity contribution in [2.75, 3.05) is 0 Å². The predicted octanol–water partition coefficient (Wildman–Crippen LogP) is 3.00. The van der Waals surface area contributed by atoms with Crippen LogP contribution in [0.3, 0.4) is 0 Å². The molecule has 2 aromatic heterocycles. The fraction of sp³-hybridized carbons (Fsp3) is 0.0526. The largest absolute Gasteiger partial charge is 0.335 e. The lowest BCUT2D eigenvalue weighted by molar-refractivity contribution is 0.401. The van der Waals surface area contributed by atoms with Gasteiger partial charge in [-0.25, -0.2) is 4.98 Å². The number of hydrogen-bond acceptors (Lipinski definition) is 5. The van der Waals surface area contributed by atoms with Crippen molar-refractivity contribution in [2.45, 2.75) is 6.54 Å². The Morgan fingerprint density at radius 2 is 1.80 bits per heavy atom. The summed E-state index contributed by atoms with van der Waals surface area (Å²) in [6.45, 7) is 0.208. The first-order valence-electron chi connectivity index (χ1n) is 7.79. The number of hydrogen-bond donors (Lipinski definition) is 0. The van der Waals surface area contributed by atoms with E-state index in [1.807, 2.05) is 54.6 Å². The maximum absolute atomic E-state index is 12.5. The summed E-state index contributed by atoms with van der Waals surface area (Å²) in [5.41, 5.74) is 1.58. The van der Waals surface area contributed by atoms with Gasteiger partial charge in [0, 0.05) is 6.08 Å². The minimum Gasteiger partial charge on any atom is -0.335 e. The van der Waals surface area contributed by atoms with Crippen LogP contribution in [0.1, 0.15) is 17.3 Å². The summed E-state index contributed by atoms with van der Waals surface area (Å²) >= 11 is 0. The van der Waals surface area contributed by atoms with Crippen molar-refractivity contribution < 1.29 is 4.52 Å². The molecule has 0 aliphatic rings. The van der Waals surface area contributed by atoms with Crippen LogP contribution >= 0.6 is 0 Å². The summed E-state index contributed by atoms with van der Waals surface area (Å²) in [6, 6.07) is 17.1. The molecule has 122 valence electrons. The van der Waals surface area contributed by atoms with E-state index in [0.717, 1.165) is 5.56 Å². The van der Waals surface area contributed by atoms with E-state index >= 15 is 0 Å². The zero-order chi connectivity index (χ0) is 17.1. The van der Waals surface area contributed by atoms with Gasteiger partial charge in [-0.3, -0.25) is 9.36 Å². The molecule has 4 aromatic rings. The molecule has 0 radical (unpaired) electrons. The zero-order valence-electron chi connectivity index (χ0n) is 13.2. The van der Waals surface area contributed by atoms with Gasteiger partial charge in [0.1, 0.15) is 0 Å². The molecule has 0 fully saturated rings. The Balaban J connectivity index is 1.56. The molecule has 4 rings (SSSR count). The van der Waals surface area contributed by atoms with E-state index in [-0.39, 0.29) is 12.1 Å². The molecule has 0 bridgehead atoms. The van der Waals surface area contributed by atoms with Gasteiger partial charge in [-0.05, 0) is 23.8 Å². The summed E-state index contributed by atoms with van der Waals surface area (Å²) < 4.78 is 6.67. The smallest absolute Gasteiger partial charge is 0.261 e. The summed E-state index contributed by atoms with van der Waals surface area (Å²) in [6.07, 6.45) is 5.13. The Morgan fingerprint density at radius 1 is 1.00 bits per heavy atom. The lowest BCUT2D eigenvalue weighted by Gasteiger charge is -2.03. The van der Waals surface area contributed by atoms with Crippen LogP contribution in [0.5, 0.6) is 0 Å². The van der Waals surface area contributed by atoms with Gasteiger partial charge in [0.05, 0.1) is 23.8 Å². The minimum atomic E-state index is -0.128. The van der Waals surface area contributed by atoms with E-state index in [1.54, 1.807) is 12.1 Å². The minimum absolute atomic E-state index is 0.128. The molecular weight excluding hydrogens is 316 g/mol. The van der Waals surface area contributed by atoms with Crippen molar-refractivity contribution in [1.29, 1.82) is 0 Å². The number of para-hydroxylation sites is 1. The highest BCUT2D eigenvalue weighted by atomic mass is 16.5. The average Bonchev–Trinajstić information content (AvgIpc) is 3.11. The molecular formula is C19H14N4O2. The van der Waals surface area contributed by atoms with Gasteiger partial charge in [-0.2, -0.15) is 4.98 Å². The third kappa shape index (κ3) is 3.23. The van der Waals surface area contributed by atoms with Crippen LogP contribution in [0.15, 0.2) is 70.2 Å². The van der Waals surface area contributed by atoms with Crippen molar-refractivity contribution in [2.24, 2.45) is 0 Å². The fourth-order valence-electron chi connectivity index (χ4n) is 2.50. The highest BCUT2D eigenvalue weighted by molar-refractivity contribution is 5.76. The molecule has 0 atom stereocenters. The summed E-state index contributed by atoms with van der Waals surface area (Å²) in [5, 5.41) is 4.49. The van der Waals surface area contributed by atoms with Gasteiger partial charge in [-0.15, -0.1) is 0 Å². The van der Waals surface area contributed by atoms with Gasteiger partial charge in [-0.1, -0.05) is 47.6 Å². The number of rotatable bonds is 4. The molecule has 6 heteroatoms. The first-order chi connectivity index (χ1) is 12.3. The molecule has 2 aromatic carbocycles. The van der Waals surface area contributed by atoms with E-state index < -0.39 is 0 Å². The Bertz CT molecular complexity index is 1100. The second-order valence-electron chi connectivity index (χ2n) is 5.49. The fourth-order valence-corrected chi connectivity index (χ4v) is 2.50. The zero-order valence-corrected chi connectivity index (χ0v) is 13.2. The van der Waals surface area contributed by atoms with E-state index in [4.69, 9.17) is 4.52 Å². The van der Waals surface area contributed by atoms with Gasteiger partial charge >= 0.3 is 0 Å². The third-order valence-corrected chi connectivity index (χ3v) is 3.75. The molecule has 0 amide bonds. The topological polar surface area (TPSA) is 73.8 Å². The van der Waals surface area contributed by atoms with Crippen LogP contribution in [0.4, 0.5) is 0 Å². The number of aromatic nitrogens is 4. The first kappa shape index (κ1) is 15.0. The van der Waals surface area contributed by atoms with Gasteiger partial charge in [0.2, 0.25) is 0 Å². The number of nitrogens with zero attached hydrogens (tertiary/aromatic N) is 4. The molecule has 0 aliphatic heterocycles. The quantitative estimate of drug-likeness (QED) is 0.575. The number of benzene rings is 2. The van der Waals surface area contributed by atoms with Crippen LogP contribution < -0.4 is 5.56 Å². The second-order valence-corrected chi connectivity index (χ2v) is 5.49. The summed E-state index contributed by atoms with van der Waals surface area (Å²) in [4.78, 5) is 21.0. The van der Waals surface area contributed by atoms with Crippen LogP contribution in [0.25, 0.3) is 23.1 Å². The van der Waals surface area contributed by atoms with Gasteiger partial charge in [0.15, 0.2) is 5.82 Å². The van der Waals surface area contributed by atoms with Crippen molar-refractivity contribution in [1.82, 2.24) is 19.7 Å². The monoisotopic (exact) mass is 330 g/mol. The second kappa shape index (κ2) is 6.52. The number of fused-ring (bicyclic) bond motifs is 1. The molecule has 0 N–H and O–H groups in total. The van der Waals surface area contributed by atoms with Crippen LogP contribution in [-0.4, -0.2) is 19.7 Å². The Kier molecular flexibility index (Phi) is 3.92. The van der Waals surface area contributed by atoms with Crippen molar-refractivity contribution in [3.63, 3.8) is 0 Å². The van der Waals surface area contributed by atoms with Crippen LogP contribution in [0.2, 0.25) is 0 Å². The molecule has 0 saturated heterocycles. The predicted molar refractivity (Wildman–Crippen MR) is 94.8 cm³/mol. The molecule has 0 saturated carbocycles. The van der Waals surface area contributed by atoms with Gasteiger partial charge < -0.3 is 4.52 Å². The van der Waals surface area contributed by atoms with Gasteiger partial charge in [0.25, 0.3) is 11.4 Å². The van der Waals surface area contributed by atoms with Crippen LogP contribution in [0, 0.1) is 0 Å². The molecule has 2 heterocycles. The third-order valence-electron chi connectivity index (χ3n) is 3.75. The maximum Gasteiger partial charge on any atom is 0.261 e. The molecule has 0 spiro atoms. The Hall–Kier alpha value is -3.54. The highest BCUT2D eigenvalue weighted by Crippen LogP contribution is 2.08. The molecule has 0 aliphatic carbocycles. The van der Waals surface area contributed by atoms with Crippen molar-refractivity contribution >= 4 is 23.1 Å². The first-order valence-corrected chi connectivity index (χ1v) is 7.79. The molecule has 25 heavy (non-hydrogen) atoms. The van der Waals surface area contributed by atoms with E-state index in [9.17, 15) is 4.79 Å². The Labute approximate surface area is 143 Å².